The van der Waals surface area contributed by atoms with Gasteiger partial charge in [0, 0.05) is 18.0 Å². The number of carbonyl (C=O) groups is 1. The summed E-state index contributed by atoms with van der Waals surface area (Å²) in [6, 6.07) is 13.8. The Morgan fingerprint density at radius 1 is 1.24 bits per heavy atom. The number of aromatic nitrogens is 2. The minimum absolute atomic E-state index is 0.114. The van der Waals surface area contributed by atoms with Crippen LogP contribution in [0, 0.1) is 5.82 Å². The largest absolute Gasteiger partial charge is 0.497 e. The number of ether oxygens (including phenoxy) is 1. The molecule has 0 saturated carbocycles. The van der Waals surface area contributed by atoms with Crippen LogP contribution in [0.5, 0.6) is 5.75 Å². The first-order chi connectivity index (χ1) is 12.2. The summed E-state index contributed by atoms with van der Waals surface area (Å²) in [5.41, 5.74) is 2.34. The molecule has 6 heteroatoms. The zero-order valence-corrected chi connectivity index (χ0v) is 13.6. The summed E-state index contributed by atoms with van der Waals surface area (Å²) < 4.78 is 20.6. The number of benzene rings is 2. The molecule has 0 saturated heterocycles. The Morgan fingerprint density at radius 3 is 2.76 bits per heavy atom. The van der Waals surface area contributed by atoms with Gasteiger partial charge in [-0.05, 0) is 42.0 Å². The highest BCUT2D eigenvalue weighted by Gasteiger charge is 2.31. The van der Waals surface area contributed by atoms with Crippen molar-refractivity contribution >= 4 is 11.7 Å². The third-order valence-corrected chi connectivity index (χ3v) is 4.37. The number of amides is 1. The van der Waals surface area contributed by atoms with E-state index in [-0.39, 0.29) is 24.1 Å². The van der Waals surface area contributed by atoms with Gasteiger partial charge in [-0.1, -0.05) is 12.1 Å². The Morgan fingerprint density at radius 2 is 2.04 bits per heavy atom. The second kappa shape index (κ2) is 6.05. The van der Waals surface area contributed by atoms with E-state index in [1.807, 2.05) is 34.9 Å². The summed E-state index contributed by atoms with van der Waals surface area (Å²) in [5.74, 6) is 0.672. The van der Waals surface area contributed by atoms with Gasteiger partial charge in [0.05, 0.1) is 12.8 Å². The maximum absolute atomic E-state index is 13.6. The highest BCUT2D eigenvalue weighted by atomic mass is 19.1. The van der Waals surface area contributed by atoms with E-state index in [0.29, 0.717) is 5.82 Å². The van der Waals surface area contributed by atoms with Crippen molar-refractivity contribution in [1.82, 2.24) is 9.55 Å². The number of hydrogen-bond donors (Lipinski definition) is 1. The third kappa shape index (κ3) is 2.76. The van der Waals surface area contributed by atoms with Crippen LogP contribution >= 0.6 is 0 Å². The number of carbonyl (C=O) groups excluding carboxylic acids is 1. The summed E-state index contributed by atoms with van der Waals surface area (Å²) in [4.78, 5) is 16.7. The number of imidazole rings is 1. The Bertz CT molecular complexity index is 934. The van der Waals surface area contributed by atoms with Gasteiger partial charge in [0.15, 0.2) is 0 Å². The standard InChI is InChI=1S/C19H16FN3O2/c1-25-15-7-5-14(6-8-15)23-11-21-18-16(10-17(24)22-19(18)23)12-3-2-4-13(20)9-12/h2-9,11,16H,10H2,1H3,(H,22,24)/t16-/m0/s1. The predicted octanol–water partition coefficient (Wildman–Crippen LogP) is 3.49. The molecule has 0 fully saturated rings. The highest BCUT2D eigenvalue weighted by molar-refractivity contribution is 5.94. The van der Waals surface area contributed by atoms with Gasteiger partial charge in [-0.2, -0.15) is 0 Å². The lowest BCUT2D eigenvalue weighted by Crippen LogP contribution is -2.25. The lowest BCUT2D eigenvalue weighted by molar-refractivity contribution is -0.116. The van der Waals surface area contributed by atoms with Gasteiger partial charge in [-0.15, -0.1) is 0 Å². The first-order valence-corrected chi connectivity index (χ1v) is 7.92. The molecular weight excluding hydrogens is 321 g/mol. The summed E-state index contributed by atoms with van der Waals surface area (Å²) in [6.07, 6.45) is 1.92. The molecule has 0 unspecified atom stereocenters. The Kier molecular flexibility index (Phi) is 3.72. The van der Waals surface area contributed by atoms with Gasteiger partial charge >= 0.3 is 0 Å². The van der Waals surface area contributed by atoms with Crippen molar-refractivity contribution in [2.24, 2.45) is 0 Å². The van der Waals surface area contributed by atoms with E-state index in [9.17, 15) is 9.18 Å². The van der Waals surface area contributed by atoms with Gasteiger partial charge < -0.3 is 10.1 Å². The van der Waals surface area contributed by atoms with Gasteiger partial charge in [0.25, 0.3) is 0 Å². The van der Waals surface area contributed by atoms with Crippen LogP contribution < -0.4 is 10.1 Å². The quantitative estimate of drug-likeness (QED) is 0.796. The molecule has 0 radical (unpaired) electrons. The number of halogens is 1. The predicted molar refractivity (Wildman–Crippen MR) is 91.6 cm³/mol. The molecule has 126 valence electrons. The number of nitrogens with zero attached hydrogens (tertiary/aromatic N) is 2. The monoisotopic (exact) mass is 337 g/mol. The van der Waals surface area contributed by atoms with Crippen LogP contribution in [0.2, 0.25) is 0 Å². The molecule has 0 aliphatic carbocycles. The van der Waals surface area contributed by atoms with E-state index in [1.54, 1.807) is 19.5 Å². The second-order valence-electron chi connectivity index (χ2n) is 5.91. The number of hydrogen-bond acceptors (Lipinski definition) is 3. The zero-order chi connectivity index (χ0) is 17.4. The van der Waals surface area contributed by atoms with E-state index >= 15 is 0 Å². The van der Waals surface area contributed by atoms with E-state index in [4.69, 9.17) is 4.74 Å². The number of methoxy groups -OCH3 is 1. The number of anilines is 1. The minimum Gasteiger partial charge on any atom is -0.497 e. The average Bonchev–Trinajstić information content (AvgIpc) is 3.04. The molecule has 4 rings (SSSR count). The number of rotatable bonds is 3. The number of nitrogens with one attached hydrogen (secondary N) is 1. The first kappa shape index (κ1) is 15.4. The Labute approximate surface area is 144 Å². The van der Waals surface area contributed by atoms with E-state index in [2.05, 4.69) is 10.3 Å². The molecule has 1 aliphatic heterocycles. The molecule has 2 heterocycles. The van der Waals surface area contributed by atoms with Crippen LogP contribution in [-0.4, -0.2) is 22.6 Å². The minimum atomic E-state index is -0.320. The zero-order valence-electron chi connectivity index (χ0n) is 13.6. The van der Waals surface area contributed by atoms with E-state index in [1.165, 1.54) is 12.1 Å². The van der Waals surface area contributed by atoms with Gasteiger partial charge in [0.2, 0.25) is 5.91 Å². The van der Waals surface area contributed by atoms with E-state index in [0.717, 1.165) is 22.7 Å². The fraction of sp³-hybridized carbons (Fsp3) is 0.158. The van der Waals surface area contributed by atoms with Crippen molar-refractivity contribution in [3.05, 3.63) is 71.9 Å². The fourth-order valence-corrected chi connectivity index (χ4v) is 3.14. The summed E-state index contributed by atoms with van der Waals surface area (Å²) >= 11 is 0. The number of fused-ring (bicyclic) bond motifs is 1. The normalized spacial score (nSPS) is 16.2. The highest BCUT2D eigenvalue weighted by Crippen LogP contribution is 2.37. The fourth-order valence-electron chi connectivity index (χ4n) is 3.14. The molecule has 1 aliphatic rings. The van der Waals surface area contributed by atoms with Crippen LogP contribution in [-0.2, 0) is 4.79 Å². The van der Waals surface area contributed by atoms with Crippen molar-refractivity contribution in [2.75, 3.05) is 12.4 Å². The van der Waals surface area contributed by atoms with Gasteiger partial charge in [0.1, 0.15) is 23.7 Å². The average molecular weight is 337 g/mol. The summed E-state index contributed by atoms with van der Waals surface area (Å²) in [6.45, 7) is 0. The maximum Gasteiger partial charge on any atom is 0.226 e. The molecule has 1 N–H and O–H groups in total. The SMILES string of the molecule is COc1ccc(-n2cnc3c2NC(=O)C[C@H]3c2cccc(F)c2)cc1. The van der Waals surface area contributed by atoms with Crippen LogP contribution in [0.1, 0.15) is 23.6 Å². The molecular formula is C19H16FN3O2. The smallest absolute Gasteiger partial charge is 0.226 e. The van der Waals surface area contributed by atoms with Crippen molar-refractivity contribution in [2.45, 2.75) is 12.3 Å². The second-order valence-corrected chi connectivity index (χ2v) is 5.91. The van der Waals surface area contributed by atoms with Crippen LogP contribution in [0.15, 0.2) is 54.9 Å². The first-order valence-electron chi connectivity index (χ1n) is 7.92. The maximum atomic E-state index is 13.6. The molecule has 25 heavy (non-hydrogen) atoms. The third-order valence-electron chi connectivity index (χ3n) is 4.37. The Balaban J connectivity index is 1.78. The molecule has 0 bridgehead atoms. The Hall–Kier alpha value is -3.15. The van der Waals surface area contributed by atoms with E-state index < -0.39 is 0 Å². The molecule has 0 spiro atoms. The van der Waals surface area contributed by atoms with Gasteiger partial charge in [-0.25, -0.2) is 9.37 Å². The molecule has 1 amide bonds. The van der Waals surface area contributed by atoms with Crippen LogP contribution in [0.25, 0.3) is 5.69 Å². The van der Waals surface area contributed by atoms with Gasteiger partial charge in [-0.3, -0.25) is 9.36 Å². The lowest BCUT2D eigenvalue weighted by Gasteiger charge is -2.23. The van der Waals surface area contributed by atoms with Crippen molar-refractivity contribution in [3.63, 3.8) is 0 Å². The molecule has 2 aromatic carbocycles. The van der Waals surface area contributed by atoms with Crippen molar-refractivity contribution < 1.29 is 13.9 Å². The molecule has 1 aromatic heterocycles. The summed E-state index contributed by atoms with van der Waals surface area (Å²) in [5, 5.41) is 2.89. The van der Waals surface area contributed by atoms with Crippen LogP contribution in [0.4, 0.5) is 10.2 Å². The lowest BCUT2D eigenvalue weighted by atomic mass is 9.90. The van der Waals surface area contributed by atoms with Crippen molar-refractivity contribution in [1.29, 1.82) is 0 Å². The molecule has 3 aromatic rings. The molecule has 5 nitrogen and oxygen atoms in total. The van der Waals surface area contributed by atoms with Crippen molar-refractivity contribution in [3.8, 4) is 11.4 Å². The topological polar surface area (TPSA) is 56.1 Å². The van der Waals surface area contributed by atoms with Crippen LogP contribution in [0.3, 0.4) is 0 Å². The summed E-state index contributed by atoms with van der Waals surface area (Å²) in [7, 11) is 1.61. The molecule has 1 atom stereocenters.